The number of rotatable bonds is 22. The van der Waals surface area contributed by atoms with Gasteiger partial charge in [0, 0.05) is 137 Å². The molecule has 3 aromatic carbocycles. The van der Waals surface area contributed by atoms with Crippen molar-refractivity contribution < 1.29 is 175 Å². The summed E-state index contributed by atoms with van der Waals surface area (Å²) in [5.41, 5.74) is 15.7. The number of alkyl carbamates (subject to hydrolysis) is 2. The molecule has 0 saturated carbocycles. The van der Waals surface area contributed by atoms with E-state index in [9.17, 15) is 47.9 Å². The van der Waals surface area contributed by atoms with Gasteiger partial charge in [0.2, 0.25) is 0 Å². The first-order chi connectivity index (χ1) is 37.0. The summed E-state index contributed by atoms with van der Waals surface area (Å²) in [6, 6.07) is 25.5. The van der Waals surface area contributed by atoms with Crippen molar-refractivity contribution in [3.8, 4) is 0 Å². The van der Waals surface area contributed by atoms with E-state index in [0.29, 0.717) is 24.9 Å². The second-order valence-electron chi connectivity index (χ2n) is 20.0. The van der Waals surface area contributed by atoms with Crippen LogP contribution < -0.4 is 22.1 Å². The van der Waals surface area contributed by atoms with Crippen molar-refractivity contribution in [1.29, 1.82) is 0 Å². The van der Waals surface area contributed by atoms with Gasteiger partial charge in [0.05, 0.1) is 39.3 Å². The molecule has 1 heterocycles. The Morgan fingerprint density at radius 2 is 0.890 bits per heavy atom. The Hall–Kier alpha value is -4.21. The molecule has 1 aliphatic heterocycles. The molecule has 3 aromatic rings. The van der Waals surface area contributed by atoms with Crippen LogP contribution in [0.15, 0.2) is 54.6 Å². The Morgan fingerprint density at radius 3 is 1.26 bits per heavy atom. The van der Waals surface area contributed by atoms with E-state index < -0.39 is 47.7 Å². The maximum absolute atomic E-state index is 12.3. The molecule has 0 bridgehead atoms. The molecule has 82 heavy (non-hydrogen) atoms. The van der Waals surface area contributed by atoms with Gasteiger partial charge < -0.3 is 50.6 Å². The zero-order valence-corrected chi connectivity index (χ0v) is 58.0. The molecule has 3 atom stereocenters. The van der Waals surface area contributed by atoms with Crippen LogP contribution in [0.5, 0.6) is 0 Å². The topological polar surface area (TPSA) is 305 Å². The number of ketones is 2. The van der Waals surface area contributed by atoms with Crippen LogP contribution in [0.25, 0.3) is 0 Å². The maximum Gasteiger partial charge on any atom is 0.408 e. The summed E-state index contributed by atoms with van der Waals surface area (Å²) in [7, 11) is 0. The van der Waals surface area contributed by atoms with Gasteiger partial charge in [-0.3, -0.25) is 33.6 Å². The van der Waals surface area contributed by atoms with Crippen molar-refractivity contribution in [3.63, 3.8) is 0 Å². The molecule has 1 saturated heterocycles. The zero-order chi connectivity index (χ0) is 59.9. The van der Waals surface area contributed by atoms with Crippen molar-refractivity contribution in [3.05, 3.63) is 106 Å². The van der Waals surface area contributed by atoms with E-state index >= 15 is 0 Å². The number of esters is 3. The third-order valence-corrected chi connectivity index (χ3v) is 10.3. The molecule has 0 aliphatic carbocycles. The third kappa shape index (κ3) is 37.9. The Bertz CT molecular complexity index is 2500. The van der Waals surface area contributed by atoms with Gasteiger partial charge >= 0.3 is 36.1 Å². The predicted molar refractivity (Wildman–Crippen MR) is 290 cm³/mol. The average Bonchev–Trinajstić information content (AvgIpc) is 3.66. The van der Waals surface area contributed by atoms with E-state index in [-0.39, 0.29) is 204 Å². The smallest absolute Gasteiger partial charge is 0.408 e. The van der Waals surface area contributed by atoms with Crippen LogP contribution >= 0.6 is 0 Å². The number of benzene rings is 3. The molecule has 445 valence electrons. The van der Waals surface area contributed by atoms with Gasteiger partial charge in [-0.1, -0.05) is 20.8 Å². The van der Waals surface area contributed by atoms with E-state index in [0.717, 1.165) is 33.4 Å². The van der Waals surface area contributed by atoms with Crippen LogP contribution in [0.1, 0.15) is 159 Å². The molecule has 4 rings (SSSR count). The Labute approximate surface area is 558 Å². The summed E-state index contributed by atoms with van der Waals surface area (Å²) >= 11 is 0. The van der Waals surface area contributed by atoms with E-state index in [1.807, 2.05) is 57.2 Å². The summed E-state index contributed by atoms with van der Waals surface area (Å²) in [6.07, 6.45) is -0.513. The van der Waals surface area contributed by atoms with Crippen LogP contribution in [0.3, 0.4) is 0 Å². The van der Waals surface area contributed by atoms with E-state index in [4.69, 9.17) is 35.2 Å². The number of nitrogens with zero attached hydrogens (tertiary/aromatic N) is 1. The number of hydrogen-bond donors (Lipinski definition) is 4. The van der Waals surface area contributed by atoms with Gasteiger partial charge in [0.15, 0.2) is 5.78 Å². The summed E-state index contributed by atoms with van der Waals surface area (Å²) in [5.74, 6) is -3.73. The second-order valence-corrected chi connectivity index (χ2v) is 20.0. The number of aryl methyl sites for hydroxylation is 3. The quantitative estimate of drug-likeness (QED) is 0.0343. The van der Waals surface area contributed by atoms with Crippen LogP contribution in [0.2, 0.25) is 0 Å². The third-order valence-electron chi connectivity index (χ3n) is 10.3. The Kier molecular flexibility index (Phi) is 43.4. The molecule has 1 fully saturated rings. The number of Topliss-reactive ketones (excluding diaryl/α,β-unsaturated/α-hetero) is 2. The van der Waals surface area contributed by atoms with Gasteiger partial charge in [0.1, 0.15) is 23.5 Å². The van der Waals surface area contributed by atoms with E-state index in [1.165, 1.54) is 0 Å². The van der Waals surface area contributed by atoms with Crippen molar-refractivity contribution in [2.75, 3.05) is 39.5 Å². The molecule has 3 unspecified atom stereocenters. The van der Waals surface area contributed by atoms with E-state index in [2.05, 4.69) is 33.7 Å². The van der Waals surface area contributed by atoms with Crippen LogP contribution in [0, 0.1) is 39.0 Å². The minimum Gasteiger partial charge on any atom is -0.466 e. The summed E-state index contributed by atoms with van der Waals surface area (Å²) < 4.78 is 24.8. The van der Waals surface area contributed by atoms with Gasteiger partial charge in [-0.25, -0.2) is 14.4 Å². The minimum atomic E-state index is -0.922. The first-order valence-corrected chi connectivity index (χ1v) is 25.9. The SMILES string of the molecule is CC(C)(C)OC(=O)NCC(=O)ON1C(=O)CCC1=O.CCOC(=O)CC(CC(=O)CN)c1c[c-]cc(C)c1.CCOC(=O)CC(CC(=O)CNC(=O)OC(C)(C)C)c1c[c-]cc(C)c1.CCOC(=O)CC(N)c1c[c-]cc(C)c1.[Y].[Y].[Y]. The monoisotopic (exact) mass is 1370 g/mol. The summed E-state index contributed by atoms with van der Waals surface area (Å²) in [6.45, 7) is 21.8. The summed E-state index contributed by atoms with van der Waals surface area (Å²) in [5, 5.41) is 5.02. The standard InChI is InChI=1S/C20H28NO5.C15H20NO3.C12H16NO2.C11H16N2O6.3Y/c1-6-25-18(23)12-16(15-9-7-8-14(2)10-15)11-17(22)13-21-19(24)26-20(3,4)5;1-3-19-15(18)9-13(8-14(17)10-16)12-6-4-5-11(2)7-12;1-3-15-12(14)8-11(13)10-6-4-5-9(2)7-10;1-11(2,3)18-10(17)12-6-9(16)19-13-7(14)4-5-8(13)15;;;/h8-10,16H,6,11-13H2,1-5H3,(H,21,24);5-7,13H,3,8-10,16H2,1-2H3;5-7,11H,3,8,13H2,1-2H3;4-6H2,1-3H3,(H,12,17);;;/q3*-1;;;;. The molecule has 6 N–H and O–H groups in total. The molecule has 21 nitrogen and oxygen atoms in total. The maximum atomic E-state index is 12.3. The number of nitrogens with two attached hydrogens (primary N) is 2. The van der Waals surface area contributed by atoms with Crippen LogP contribution in [-0.2, 0) is 165 Å². The first kappa shape index (κ1) is 82.0. The molecule has 4 amide bonds. The van der Waals surface area contributed by atoms with Gasteiger partial charge in [-0.2, -0.15) is 101 Å². The van der Waals surface area contributed by atoms with Crippen molar-refractivity contribution in [2.24, 2.45) is 11.5 Å². The predicted octanol–water partition coefficient (Wildman–Crippen LogP) is 6.92. The largest absolute Gasteiger partial charge is 0.466 e. The number of nitrogens with one attached hydrogen (secondary N) is 2. The van der Waals surface area contributed by atoms with Crippen molar-refractivity contribution in [2.45, 2.75) is 157 Å². The van der Waals surface area contributed by atoms with Crippen LogP contribution in [0.4, 0.5) is 9.59 Å². The minimum absolute atomic E-state index is 0. The number of ether oxygens (including phenoxy) is 5. The number of hydroxylamine groups is 2. The molecule has 24 heteroatoms. The summed E-state index contributed by atoms with van der Waals surface area (Å²) in [4.78, 5) is 120. The average molecular weight is 1370 g/mol. The fourth-order valence-corrected chi connectivity index (χ4v) is 6.95. The zero-order valence-electron chi connectivity index (χ0n) is 49.5. The Morgan fingerprint density at radius 1 is 0.537 bits per heavy atom. The van der Waals surface area contributed by atoms with Crippen molar-refractivity contribution in [1.82, 2.24) is 15.7 Å². The molecule has 0 spiro atoms. The van der Waals surface area contributed by atoms with Crippen molar-refractivity contribution >= 4 is 59.4 Å². The normalized spacial score (nSPS) is 12.4. The van der Waals surface area contributed by atoms with Crippen LogP contribution in [-0.4, -0.2) is 115 Å². The van der Waals surface area contributed by atoms with Gasteiger partial charge in [-0.05, 0) is 80.2 Å². The fraction of sp³-hybridized carbons (Fsp3) is 0.517. The Balaban J connectivity index is -0.00000102. The first-order valence-electron chi connectivity index (χ1n) is 25.9. The number of carbonyl (C=O) groups is 10. The molecular formula is C58H80N5O16Y3-3. The number of hydrogen-bond acceptors (Lipinski definition) is 18. The molecule has 0 aromatic heterocycles. The molecule has 1 aliphatic rings. The van der Waals surface area contributed by atoms with E-state index in [1.54, 1.807) is 80.5 Å². The fourth-order valence-electron chi connectivity index (χ4n) is 6.95. The molecule has 3 radical (unpaired) electrons. The number of imide groups is 1. The molecular weight excluding hydrogens is 1290 g/mol. The van der Waals surface area contributed by atoms with Gasteiger partial charge in [-0.15, -0.1) is 10.6 Å². The second kappa shape index (κ2) is 43.4. The van der Waals surface area contributed by atoms with Gasteiger partial charge in [0.25, 0.3) is 11.8 Å². The number of amides is 4. The number of carbonyl (C=O) groups excluding carboxylic acids is 10.